The first-order chi connectivity index (χ1) is 10.7. The predicted octanol–water partition coefficient (Wildman–Crippen LogP) is 1.51. The summed E-state index contributed by atoms with van der Waals surface area (Å²) in [5.74, 6) is 0.566. The van der Waals surface area contributed by atoms with E-state index in [-0.39, 0.29) is 0 Å². The van der Waals surface area contributed by atoms with Crippen LogP contribution in [0, 0.1) is 0 Å². The summed E-state index contributed by atoms with van der Waals surface area (Å²) in [4.78, 5) is 9.39. The molecule has 0 spiro atoms. The number of rotatable bonds is 6. The Balaban J connectivity index is 1.76. The molecule has 1 aromatic rings. The standard InChI is InChI=1S/C17H29N5/c1-3-9-19-17(18)20-14-15(2)21-10-12-22(13-11-21)16-7-5-4-6-8-16/h4-8,15H,3,9-14H2,1-2H3,(H3,18,19,20). The maximum Gasteiger partial charge on any atom is 0.188 e. The van der Waals surface area contributed by atoms with E-state index in [2.05, 4.69) is 64.3 Å². The number of para-hydroxylation sites is 1. The van der Waals surface area contributed by atoms with Gasteiger partial charge in [0.1, 0.15) is 0 Å². The van der Waals surface area contributed by atoms with Gasteiger partial charge >= 0.3 is 0 Å². The second-order valence-electron chi connectivity index (χ2n) is 5.86. The van der Waals surface area contributed by atoms with E-state index >= 15 is 0 Å². The zero-order valence-electron chi connectivity index (χ0n) is 13.8. The van der Waals surface area contributed by atoms with Gasteiger partial charge in [0.2, 0.25) is 0 Å². The molecule has 122 valence electrons. The number of guanidine groups is 1. The largest absolute Gasteiger partial charge is 0.370 e. The third kappa shape index (κ3) is 4.91. The molecular formula is C17H29N5. The van der Waals surface area contributed by atoms with Crippen LogP contribution in [0.5, 0.6) is 0 Å². The quantitative estimate of drug-likeness (QED) is 0.618. The Hall–Kier alpha value is -1.75. The highest BCUT2D eigenvalue weighted by atomic mass is 15.3. The van der Waals surface area contributed by atoms with Gasteiger partial charge in [-0.1, -0.05) is 25.1 Å². The van der Waals surface area contributed by atoms with Gasteiger partial charge in [-0.2, -0.15) is 0 Å². The molecule has 3 N–H and O–H groups in total. The van der Waals surface area contributed by atoms with E-state index in [0.717, 1.165) is 45.7 Å². The van der Waals surface area contributed by atoms with Gasteiger partial charge in [-0.3, -0.25) is 9.89 Å². The zero-order valence-corrected chi connectivity index (χ0v) is 13.8. The highest BCUT2D eigenvalue weighted by molar-refractivity contribution is 5.77. The van der Waals surface area contributed by atoms with Crippen LogP contribution in [0.15, 0.2) is 35.3 Å². The molecule has 0 aliphatic carbocycles. The number of nitrogens with one attached hydrogen (secondary N) is 1. The molecule has 1 aromatic carbocycles. The van der Waals surface area contributed by atoms with Crippen molar-refractivity contribution in [1.29, 1.82) is 0 Å². The van der Waals surface area contributed by atoms with Crippen molar-refractivity contribution in [2.24, 2.45) is 10.7 Å². The van der Waals surface area contributed by atoms with Gasteiger partial charge in [0.25, 0.3) is 0 Å². The zero-order chi connectivity index (χ0) is 15.8. The van der Waals surface area contributed by atoms with E-state index in [4.69, 9.17) is 5.73 Å². The molecule has 2 rings (SSSR count). The highest BCUT2D eigenvalue weighted by Gasteiger charge is 2.20. The van der Waals surface area contributed by atoms with Crippen LogP contribution in [0.3, 0.4) is 0 Å². The molecule has 1 atom stereocenters. The van der Waals surface area contributed by atoms with Crippen LogP contribution in [0.4, 0.5) is 5.69 Å². The van der Waals surface area contributed by atoms with Crippen molar-refractivity contribution in [2.75, 3.05) is 44.2 Å². The number of anilines is 1. The van der Waals surface area contributed by atoms with Gasteiger partial charge in [0.15, 0.2) is 5.96 Å². The molecule has 5 heteroatoms. The minimum atomic E-state index is 0.430. The summed E-state index contributed by atoms with van der Waals surface area (Å²) in [6.45, 7) is 10.3. The second kappa shape index (κ2) is 8.63. The summed E-state index contributed by atoms with van der Waals surface area (Å²) in [6.07, 6.45) is 1.06. The Bertz CT molecular complexity index is 451. The lowest BCUT2D eigenvalue weighted by atomic mass is 10.2. The van der Waals surface area contributed by atoms with Crippen LogP contribution in [-0.4, -0.2) is 56.2 Å². The Morgan fingerprint density at radius 1 is 1.23 bits per heavy atom. The van der Waals surface area contributed by atoms with E-state index in [9.17, 15) is 0 Å². The molecule has 1 aliphatic rings. The van der Waals surface area contributed by atoms with Crippen molar-refractivity contribution in [2.45, 2.75) is 26.3 Å². The van der Waals surface area contributed by atoms with E-state index in [1.54, 1.807) is 0 Å². The lowest BCUT2D eigenvalue weighted by molar-refractivity contribution is 0.201. The number of hydrogen-bond donors (Lipinski definition) is 2. The van der Waals surface area contributed by atoms with Crippen molar-refractivity contribution >= 4 is 11.6 Å². The third-order valence-corrected chi connectivity index (χ3v) is 4.14. The maximum atomic E-state index is 5.85. The third-order valence-electron chi connectivity index (χ3n) is 4.14. The first-order valence-electron chi connectivity index (χ1n) is 8.28. The van der Waals surface area contributed by atoms with E-state index < -0.39 is 0 Å². The van der Waals surface area contributed by atoms with Gasteiger partial charge in [0, 0.05) is 44.5 Å². The first kappa shape index (κ1) is 16.6. The molecule has 1 heterocycles. The van der Waals surface area contributed by atoms with Crippen molar-refractivity contribution in [3.05, 3.63) is 30.3 Å². The minimum Gasteiger partial charge on any atom is -0.370 e. The highest BCUT2D eigenvalue weighted by Crippen LogP contribution is 2.16. The number of nitrogens with two attached hydrogens (primary N) is 1. The molecule has 0 aromatic heterocycles. The Morgan fingerprint density at radius 2 is 1.91 bits per heavy atom. The van der Waals surface area contributed by atoms with Crippen LogP contribution >= 0.6 is 0 Å². The molecule has 1 saturated heterocycles. The molecule has 0 amide bonds. The molecular weight excluding hydrogens is 274 g/mol. The topological polar surface area (TPSA) is 56.9 Å². The van der Waals surface area contributed by atoms with Gasteiger partial charge in [-0.25, -0.2) is 0 Å². The Morgan fingerprint density at radius 3 is 2.55 bits per heavy atom. The van der Waals surface area contributed by atoms with Crippen molar-refractivity contribution < 1.29 is 0 Å². The van der Waals surface area contributed by atoms with Gasteiger partial charge < -0.3 is 16.0 Å². The summed E-state index contributed by atoms with van der Waals surface area (Å²) in [5, 5.41) is 3.12. The summed E-state index contributed by atoms with van der Waals surface area (Å²) in [6, 6.07) is 11.1. The van der Waals surface area contributed by atoms with Gasteiger partial charge in [-0.15, -0.1) is 0 Å². The number of nitrogens with zero attached hydrogens (tertiary/aromatic N) is 3. The monoisotopic (exact) mass is 303 g/mol. The molecule has 0 saturated carbocycles. The van der Waals surface area contributed by atoms with E-state index in [1.807, 2.05) is 0 Å². The number of hydrogen-bond acceptors (Lipinski definition) is 3. The fourth-order valence-electron chi connectivity index (χ4n) is 2.71. The Kier molecular flexibility index (Phi) is 6.52. The molecule has 22 heavy (non-hydrogen) atoms. The van der Waals surface area contributed by atoms with Gasteiger partial charge in [0.05, 0.1) is 6.54 Å². The van der Waals surface area contributed by atoms with Gasteiger partial charge in [-0.05, 0) is 25.5 Å². The molecule has 5 nitrogen and oxygen atoms in total. The van der Waals surface area contributed by atoms with Crippen molar-refractivity contribution in [3.8, 4) is 0 Å². The predicted molar refractivity (Wildman–Crippen MR) is 94.5 cm³/mol. The average molecular weight is 303 g/mol. The molecule has 1 aliphatic heterocycles. The lowest BCUT2D eigenvalue weighted by Gasteiger charge is -2.38. The summed E-state index contributed by atoms with van der Waals surface area (Å²) >= 11 is 0. The fourth-order valence-corrected chi connectivity index (χ4v) is 2.71. The van der Waals surface area contributed by atoms with Crippen LogP contribution in [0.1, 0.15) is 20.3 Å². The van der Waals surface area contributed by atoms with Crippen LogP contribution in [0.2, 0.25) is 0 Å². The molecule has 1 unspecified atom stereocenters. The molecule has 0 bridgehead atoms. The SMILES string of the molecule is CCCNC(N)=NCC(C)N1CCN(c2ccccc2)CC1. The van der Waals surface area contributed by atoms with Crippen LogP contribution in [0.25, 0.3) is 0 Å². The summed E-state index contributed by atoms with van der Waals surface area (Å²) in [7, 11) is 0. The average Bonchev–Trinajstić information content (AvgIpc) is 2.58. The fraction of sp³-hybridized carbons (Fsp3) is 0.588. The summed E-state index contributed by atoms with van der Waals surface area (Å²) < 4.78 is 0. The second-order valence-corrected chi connectivity index (χ2v) is 5.86. The smallest absolute Gasteiger partial charge is 0.188 e. The van der Waals surface area contributed by atoms with Crippen LogP contribution in [-0.2, 0) is 0 Å². The van der Waals surface area contributed by atoms with E-state index in [1.165, 1.54) is 5.69 Å². The first-order valence-corrected chi connectivity index (χ1v) is 8.28. The normalized spacial score (nSPS) is 18.3. The number of piperazine rings is 1. The van der Waals surface area contributed by atoms with E-state index in [0.29, 0.717) is 12.0 Å². The van der Waals surface area contributed by atoms with Crippen molar-refractivity contribution in [3.63, 3.8) is 0 Å². The Labute approximate surface area is 134 Å². The molecule has 1 fully saturated rings. The maximum absolute atomic E-state index is 5.85. The number of aliphatic imine (C=N–C) groups is 1. The lowest BCUT2D eigenvalue weighted by Crippen LogP contribution is -2.50. The number of benzene rings is 1. The minimum absolute atomic E-state index is 0.430. The van der Waals surface area contributed by atoms with Crippen molar-refractivity contribution in [1.82, 2.24) is 10.2 Å². The van der Waals surface area contributed by atoms with Crippen LogP contribution < -0.4 is 16.0 Å². The summed E-state index contributed by atoms with van der Waals surface area (Å²) in [5.41, 5.74) is 7.17. The molecule has 0 radical (unpaired) electrons.